The number of hydrogen-bond donors (Lipinski definition) is 1. The summed E-state index contributed by atoms with van der Waals surface area (Å²) in [6.45, 7) is 0.729. The average molecular weight is 279 g/mol. The molecule has 2 aromatic rings. The molecule has 0 aromatic carbocycles. The Morgan fingerprint density at radius 2 is 2.33 bits per heavy atom. The fourth-order valence-corrected chi connectivity index (χ4v) is 4.53. The zero-order valence-electron chi connectivity index (χ0n) is 10.3. The van der Waals surface area contributed by atoms with Gasteiger partial charge in [0, 0.05) is 17.2 Å². The second-order valence-electron chi connectivity index (χ2n) is 4.67. The second kappa shape index (κ2) is 5.47. The summed E-state index contributed by atoms with van der Waals surface area (Å²) in [5.41, 5.74) is 7.03. The number of aromatic nitrogens is 2. The summed E-state index contributed by atoms with van der Waals surface area (Å²) in [5, 5.41) is 13.2. The number of hydrogen-bond acceptors (Lipinski definition) is 5. The van der Waals surface area contributed by atoms with E-state index in [0.717, 1.165) is 24.4 Å². The van der Waals surface area contributed by atoms with Crippen LogP contribution < -0.4 is 5.73 Å². The topological polar surface area (TPSA) is 51.8 Å². The maximum absolute atomic E-state index is 5.53. The van der Waals surface area contributed by atoms with Gasteiger partial charge in [-0.05, 0) is 49.2 Å². The molecule has 96 valence electrons. The van der Waals surface area contributed by atoms with E-state index in [-0.39, 0.29) is 0 Å². The number of rotatable bonds is 4. The van der Waals surface area contributed by atoms with Crippen LogP contribution in [0.15, 0.2) is 11.4 Å². The van der Waals surface area contributed by atoms with Crippen molar-refractivity contribution in [3.63, 3.8) is 0 Å². The van der Waals surface area contributed by atoms with Crippen LogP contribution in [0.4, 0.5) is 0 Å². The standard InChI is InChI=1S/C13H17N3S2/c14-7-2-5-12-15-16-13(18-12)10-3-1-4-11-9(10)6-8-17-11/h6,8,10H,1-5,7,14H2. The van der Waals surface area contributed by atoms with E-state index in [9.17, 15) is 0 Å². The van der Waals surface area contributed by atoms with Gasteiger partial charge in [-0.15, -0.1) is 32.9 Å². The SMILES string of the molecule is NCCCc1nnc(C2CCCc3sccc32)s1. The molecule has 0 aliphatic heterocycles. The lowest BCUT2D eigenvalue weighted by Crippen LogP contribution is -2.08. The molecule has 0 saturated carbocycles. The summed E-state index contributed by atoms with van der Waals surface area (Å²) in [5.74, 6) is 0.490. The Morgan fingerprint density at radius 1 is 1.39 bits per heavy atom. The van der Waals surface area contributed by atoms with Crippen LogP contribution in [0.2, 0.25) is 0 Å². The van der Waals surface area contributed by atoms with E-state index in [1.807, 2.05) is 11.3 Å². The Labute approximate surface area is 115 Å². The first-order valence-corrected chi connectivity index (χ1v) is 8.16. The van der Waals surface area contributed by atoms with E-state index >= 15 is 0 Å². The van der Waals surface area contributed by atoms with E-state index in [1.165, 1.54) is 29.8 Å². The minimum atomic E-state index is 0.490. The molecule has 18 heavy (non-hydrogen) atoms. The highest BCUT2D eigenvalue weighted by Crippen LogP contribution is 2.40. The normalized spacial score (nSPS) is 18.8. The highest BCUT2D eigenvalue weighted by atomic mass is 32.1. The van der Waals surface area contributed by atoms with Gasteiger partial charge in [0.05, 0.1) is 0 Å². The van der Waals surface area contributed by atoms with E-state index < -0.39 is 0 Å². The Bertz CT molecular complexity index is 518. The highest BCUT2D eigenvalue weighted by molar-refractivity contribution is 7.11. The Balaban J connectivity index is 1.82. The minimum Gasteiger partial charge on any atom is -0.330 e. The van der Waals surface area contributed by atoms with E-state index in [0.29, 0.717) is 5.92 Å². The van der Waals surface area contributed by atoms with Gasteiger partial charge in [-0.3, -0.25) is 0 Å². The molecule has 0 amide bonds. The molecule has 1 unspecified atom stereocenters. The van der Waals surface area contributed by atoms with E-state index in [2.05, 4.69) is 21.6 Å². The molecule has 2 heterocycles. The lowest BCUT2D eigenvalue weighted by atomic mass is 9.88. The summed E-state index contributed by atoms with van der Waals surface area (Å²) in [6, 6.07) is 2.27. The van der Waals surface area contributed by atoms with E-state index in [1.54, 1.807) is 16.2 Å². The van der Waals surface area contributed by atoms with Gasteiger partial charge in [-0.1, -0.05) is 0 Å². The van der Waals surface area contributed by atoms with Crippen molar-refractivity contribution in [1.29, 1.82) is 0 Å². The van der Waals surface area contributed by atoms with Crippen molar-refractivity contribution in [1.82, 2.24) is 10.2 Å². The molecule has 0 bridgehead atoms. The number of thiophene rings is 1. The molecule has 3 rings (SSSR count). The Morgan fingerprint density at radius 3 is 3.22 bits per heavy atom. The fourth-order valence-electron chi connectivity index (χ4n) is 2.50. The van der Waals surface area contributed by atoms with Gasteiger partial charge >= 0.3 is 0 Å². The Kier molecular flexibility index (Phi) is 3.72. The fraction of sp³-hybridized carbons (Fsp3) is 0.538. The summed E-state index contributed by atoms with van der Waals surface area (Å²) >= 11 is 3.66. The smallest absolute Gasteiger partial charge is 0.124 e. The first-order valence-electron chi connectivity index (χ1n) is 6.47. The Hall–Kier alpha value is -0.780. The average Bonchev–Trinajstić information content (AvgIpc) is 3.04. The van der Waals surface area contributed by atoms with Crippen molar-refractivity contribution in [3.8, 4) is 0 Å². The molecule has 1 aliphatic carbocycles. The number of aryl methyl sites for hydroxylation is 2. The molecule has 0 spiro atoms. The van der Waals surface area contributed by atoms with Gasteiger partial charge in [0.25, 0.3) is 0 Å². The molecule has 1 atom stereocenters. The van der Waals surface area contributed by atoms with Crippen LogP contribution in [-0.2, 0) is 12.8 Å². The van der Waals surface area contributed by atoms with Crippen molar-refractivity contribution < 1.29 is 0 Å². The van der Waals surface area contributed by atoms with Crippen molar-refractivity contribution in [2.75, 3.05) is 6.54 Å². The summed E-state index contributed by atoms with van der Waals surface area (Å²) < 4.78 is 0. The summed E-state index contributed by atoms with van der Waals surface area (Å²) in [6.07, 6.45) is 5.70. The molecule has 0 fully saturated rings. The van der Waals surface area contributed by atoms with Crippen LogP contribution in [0.1, 0.15) is 45.6 Å². The van der Waals surface area contributed by atoms with Crippen molar-refractivity contribution >= 4 is 22.7 Å². The molecule has 5 heteroatoms. The third-order valence-electron chi connectivity index (χ3n) is 3.43. The lowest BCUT2D eigenvalue weighted by molar-refractivity contribution is 0.617. The zero-order valence-corrected chi connectivity index (χ0v) is 11.9. The molecule has 0 saturated heterocycles. The first kappa shape index (κ1) is 12.3. The largest absolute Gasteiger partial charge is 0.330 e. The maximum atomic E-state index is 5.53. The van der Waals surface area contributed by atoms with Crippen LogP contribution in [0.5, 0.6) is 0 Å². The van der Waals surface area contributed by atoms with Crippen LogP contribution in [0.25, 0.3) is 0 Å². The van der Waals surface area contributed by atoms with Gasteiger partial charge < -0.3 is 5.73 Å². The van der Waals surface area contributed by atoms with Gasteiger partial charge in [0.15, 0.2) is 0 Å². The maximum Gasteiger partial charge on any atom is 0.124 e. The van der Waals surface area contributed by atoms with Crippen molar-refractivity contribution in [3.05, 3.63) is 31.9 Å². The van der Waals surface area contributed by atoms with Gasteiger partial charge in [-0.25, -0.2) is 0 Å². The molecule has 2 aromatic heterocycles. The summed E-state index contributed by atoms with van der Waals surface area (Å²) in [4.78, 5) is 1.55. The second-order valence-corrected chi connectivity index (χ2v) is 6.76. The lowest BCUT2D eigenvalue weighted by Gasteiger charge is -2.19. The molecule has 3 nitrogen and oxygen atoms in total. The predicted octanol–water partition coefficient (Wildman–Crippen LogP) is 2.96. The molecule has 0 radical (unpaired) electrons. The van der Waals surface area contributed by atoms with E-state index in [4.69, 9.17) is 5.73 Å². The number of fused-ring (bicyclic) bond motifs is 1. The molecule has 2 N–H and O–H groups in total. The van der Waals surface area contributed by atoms with Crippen molar-refractivity contribution in [2.45, 2.75) is 38.0 Å². The summed E-state index contributed by atoms with van der Waals surface area (Å²) in [7, 11) is 0. The third-order valence-corrected chi connectivity index (χ3v) is 5.52. The predicted molar refractivity (Wildman–Crippen MR) is 76.4 cm³/mol. The number of nitrogens with two attached hydrogens (primary N) is 1. The van der Waals surface area contributed by atoms with Crippen LogP contribution in [-0.4, -0.2) is 16.7 Å². The zero-order chi connectivity index (χ0) is 12.4. The number of nitrogens with zero attached hydrogens (tertiary/aromatic N) is 2. The first-order chi connectivity index (χ1) is 8.88. The van der Waals surface area contributed by atoms with Crippen LogP contribution in [0.3, 0.4) is 0 Å². The van der Waals surface area contributed by atoms with Gasteiger partial charge in [0.1, 0.15) is 10.0 Å². The highest BCUT2D eigenvalue weighted by Gasteiger charge is 2.25. The molecular formula is C13H17N3S2. The monoisotopic (exact) mass is 279 g/mol. The minimum absolute atomic E-state index is 0.490. The van der Waals surface area contributed by atoms with Gasteiger partial charge in [0.2, 0.25) is 0 Å². The molecule has 1 aliphatic rings. The third kappa shape index (κ3) is 2.35. The quantitative estimate of drug-likeness (QED) is 0.936. The van der Waals surface area contributed by atoms with Crippen LogP contribution >= 0.6 is 22.7 Å². The van der Waals surface area contributed by atoms with Crippen molar-refractivity contribution in [2.24, 2.45) is 5.73 Å². The van der Waals surface area contributed by atoms with Gasteiger partial charge in [-0.2, -0.15) is 0 Å². The molecular weight excluding hydrogens is 262 g/mol. The van der Waals surface area contributed by atoms with Crippen LogP contribution in [0, 0.1) is 0 Å².